The van der Waals surface area contributed by atoms with Crippen molar-refractivity contribution in [1.29, 1.82) is 0 Å². The van der Waals surface area contributed by atoms with Crippen LogP contribution in [0.1, 0.15) is 55.4 Å². The molecule has 2 heterocycles. The third-order valence-corrected chi connectivity index (χ3v) is 6.01. The molecule has 1 saturated heterocycles. The van der Waals surface area contributed by atoms with Crippen molar-refractivity contribution >= 4 is 23.1 Å². The average Bonchev–Trinajstić information content (AvgIpc) is 3.39. The van der Waals surface area contributed by atoms with E-state index in [2.05, 4.69) is 0 Å². The number of aliphatic hydroxyl groups is 1. The lowest BCUT2D eigenvalue weighted by Crippen LogP contribution is -2.29. The zero-order chi connectivity index (χ0) is 25.3. The summed E-state index contributed by atoms with van der Waals surface area (Å²) in [5, 5.41) is 11.4. The van der Waals surface area contributed by atoms with E-state index < -0.39 is 17.7 Å². The van der Waals surface area contributed by atoms with Crippen LogP contribution in [0.3, 0.4) is 0 Å². The minimum Gasteiger partial charge on any atom is -0.507 e. The standard InChI is InChI=1S/C28H29NO6/c1-6-34-22-13-11-18(14-21(22)16(2)3)26(30)24-25(23-12-10-17(4)35-23)29(28(32)27(24)31)19-8-7-9-20(15-19)33-5/h7-16,25,30H,6H2,1-5H3/b26-24-. The number of amides is 1. The van der Waals surface area contributed by atoms with Crippen molar-refractivity contribution in [2.75, 3.05) is 18.6 Å². The molecule has 1 atom stereocenters. The van der Waals surface area contributed by atoms with Gasteiger partial charge in [-0.05, 0) is 67.8 Å². The largest absolute Gasteiger partial charge is 0.507 e. The second-order valence-electron chi connectivity index (χ2n) is 8.66. The molecule has 0 radical (unpaired) electrons. The summed E-state index contributed by atoms with van der Waals surface area (Å²) in [6.07, 6.45) is 0. The van der Waals surface area contributed by atoms with Gasteiger partial charge in [-0.1, -0.05) is 19.9 Å². The highest BCUT2D eigenvalue weighted by molar-refractivity contribution is 6.51. The number of aryl methyl sites for hydroxylation is 1. The predicted molar refractivity (Wildman–Crippen MR) is 133 cm³/mol. The Morgan fingerprint density at radius 3 is 2.51 bits per heavy atom. The summed E-state index contributed by atoms with van der Waals surface area (Å²) < 4.78 is 16.9. The van der Waals surface area contributed by atoms with Gasteiger partial charge in [-0.3, -0.25) is 14.5 Å². The second kappa shape index (κ2) is 9.70. The van der Waals surface area contributed by atoms with E-state index in [9.17, 15) is 14.7 Å². The first-order valence-corrected chi connectivity index (χ1v) is 11.5. The average molecular weight is 476 g/mol. The molecule has 7 heteroatoms. The Hall–Kier alpha value is -4.00. The lowest BCUT2D eigenvalue weighted by molar-refractivity contribution is -0.132. The molecule has 2 aromatic carbocycles. The van der Waals surface area contributed by atoms with E-state index in [1.54, 1.807) is 61.5 Å². The van der Waals surface area contributed by atoms with Gasteiger partial charge in [-0.25, -0.2) is 0 Å². The number of hydrogen-bond donors (Lipinski definition) is 1. The van der Waals surface area contributed by atoms with E-state index in [0.717, 1.165) is 5.56 Å². The molecule has 4 rings (SSSR count). The third-order valence-electron chi connectivity index (χ3n) is 6.01. The van der Waals surface area contributed by atoms with Crippen molar-refractivity contribution in [2.24, 2.45) is 0 Å². The van der Waals surface area contributed by atoms with Gasteiger partial charge in [0, 0.05) is 17.3 Å². The number of ketones is 1. The van der Waals surface area contributed by atoms with Crippen molar-refractivity contribution in [3.8, 4) is 11.5 Å². The summed E-state index contributed by atoms with van der Waals surface area (Å²) in [6.45, 7) is 8.24. The van der Waals surface area contributed by atoms with Gasteiger partial charge in [0.2, 0.25) is 0 Å². The topological polar surface area (TPSA) is 89.2 Å². The van der Waals surface area contributed by atoms with Crippen molar-refractivity contribution in [3.63, 3.8) is 0 Å². The van der Waals surface area contributed by atoms with Crippen molar-refractivity contribution < 1.29 is 28.6 Å². The minimum absolute atomic E-state index is 0.0361. The Kier molecular flexibility index (Phi) is 6.69. The highest BCUT2D eigenvalue weighted by Crippen LogP contribution is 2.43. The van der Waals surface area contributed by atoms with Crippen molar-refractivity contribution in [3.05, 3.63) is 82.8 Å². The van der Waals surface area contributed by atoms with Crippen molar-refractivity contribution in [1.82, 2.24) is 0 Å². The number of carbonyl (C=O) groups excluding carboxylic acids is 2. The summed E-state index contributed by atoms with van der Waals surface area (Å²) in [7, 11) is 1.53. The molecule has 1 fully saturated rings. The summed E-state index contributed by atoms with van der Waals surface area (Å²) in [5.74, 6) is 0.560. The molecule has 0 aliphatic carbocycles. The normalized spacial score (nSPS) is 17.3. The third kappa shape index (κ3) is 4.41. The molecule has 1 aliphatic heterocycles. The molecule has 0 bridgehead atoms. The van der Waals surface area contributed by atoms with Crippen LogP contribution >= 0.6 is 0 Å². The lowest BCUT2D eigenvalue weighted by atomic mass is 9.95. The van der Waals surface area contributed by atoms with Crippen LogP contribution < -0.4 is 14.4 Å². The number of carbonyl (C=O) groups is 2. The Balaban J connectivity index is 1.92. The summed E-state index contributed by atoms with van der Waals surface area (Å²) in [4.78, 5) is 28.0. The van der Waals surface area contributed by atoms with Crippen LogP contribution in [0.25, 0.3) is 5.76 Å². The van der Waals surface area contributed by atoms with Gasteiger partial charge in [0.15, 0.2) is 0 Å². The van der Waals surface area contributed by atoms with Gasteiger partial charge in [0.05, 0.1) is 19.3 Å². The fraction of sp³-hybridized carbons (Fsp3) is 0.286. The summed E-state index contributed by atoms with van der Waals surface area (Å²) in [5.41, 5.74) is 1.74. The molecule has 1 aromatic heterocycles. The van der Waals surface area contributed by atoms with Gasteiger partial charge < -0.3 is 19.0 Å². The van der Waals surface area contributed by atoms with Crippen LogP contribution in [0.4, 0.5) is 5.69 Å². The Bertz CT molecular complexity index is 1300. The Labute approximate surface area is 204 Å². The number of benzene rings is 2. The smallest absolute Gasteiger partial charge is 0.300 e. The van der Waals surface area contributed by atoms with E-state index in [1.165, 1.54) is 12.0 Å². The molecule has 1 N–H and O–H groups in total. The van der Waals surface area contributed by atoms with Crippen LogP contribution in [0.5, 0.6) is 11.5 Å². The maximum Gasteiger partial charge on any atom is 0.300 e. The van der Waals surface area contributed by atoms with E-state index in [1.807, 2.05) is 20.8 Å². The van der Waals surface area contributed by atoms with Crippen LogP contribution in [0.2, 0.25) is 0 Å². The number of anilines is 1. The van der Waals surface area contributed by atoms with Crippen LogP contribution in [-0.4, -0.2) is 30.5 Å². The molecule has 3 aromatic rings. The first-order chi connectivity index (χ1) is 16.8. The zero-order valence-corrected chi connectivity index (χ0v) is 20.5. The Morgan fingerprint density at radius 2 is 1.89 bits per heavy atom. The number of aliphatic hydroxyl groups excluding tert-OH is 1. The molecular weight excluding hydrogens is 446 g/mol. The molecule has 0 spiro atoms. The fourth-order valence-corrected chi connectivity index (χ4v) is 4.32. The first kappa shape index (κ1) is 24.1. The van der Waals surface area contributed by atoms with E-state index in [0.29, 0.717) is 40.9 Å². The first-order valence-electron chi connectivity index (χ1n) is 11.5. The second-order valence-corrected chi connectivity index (χ2v) is 8.66. The SMILES string of the molecule is CCOc1ccc(/C(O)=C2/C(=O)C(=O)N(c3cccc(OC)c3)C2c2ccc(C)o2)cc1C(C)C. The molecular formula is C28H29NO6. The Morgan fingerprint density at radius 1 is 1.11 bits per heavy atom. The number of Topliss-reactive ketones (excluding diaryl/α,β-unsaturated/α-hetero) is 1. The maximum atomic E-state index is 13.3. The highest BCUT2D eigenvalue weighted by atomic mass is 16.5. The van der Waals surface area contributed by atoms with Crippen LogP contribution in [0.15, 0.2) is 64.6 Å². The number of hydrogen-bond acceptors (Lipinski definition) is 6. The monoisotopic (exact) mass is 475 g/mol. The molecule has 1 amide bonds. The van der Waals surface area contributed by atoms with Gasteiger partial charge in [0.25, 0.3) is 11.7 Å². The van der Waals surface area contributed by atoms with E-state index in [-0.39, 0.29) is 17.3 Å². The molecule has 182 valence electrons. The number of nitrogens with zero attached hydrogens (tertiary/aromatic N) is 1. The summed E-state index contributed by atoms with van der Waals surface area (Å²) >= 11 is 0. The van der Waals surface area contributed by atoms with Crippen LogP contribution in [0, 0.1) is 6.92 Å². The van der Waals surface area contributed by atoms with Crippen LogP contribution in [-0.2, 0) is 9.59 Å². The van der Waals surface area contributed by atoms with E-state index in [4.69, 9.17) is 13.9 Å². The number of furan rings is 1. The maximum absolute atomic E-state index is 13.3. The van der Waals surface area contributed by atoms with Gasteiger partial charge >= 0.3 is 0 Å². The summed E-state index contributed by atoms with van der Waals surface area (Å²) in [6, 6.07) is 14.7. The highest BCUT2D eigenvalue weighted by Gasteiger charge is 2.48. The van der Waals surface area contributed by atoms with Gasteiger partial charge in [-0.2, -0.15) is 0 Å². The predicted octanol–water partition coefficient (Wildman–Crippen LogP) is 5.75. The molecule has 0 saturated carbocycles. The molecule has 1 unspecified atom stereocenters. The number of methoxy groups -OCH3 is 1. The lowest BCUT2D eigenvalue weighted by Gasteiger charge is -2.24. The van der Waals surface area contributed by atoms with Crippen molar-refractivity contribution in [2.45, 2.75) is 39.7 Å². The molecule has 35 heavy (non-hydrogen) atoms. The number of ether oxygens (including phenoxy) is 2. The minimum atomic E-state index is -0.940. The molecule has 7 nitrogen and oxygen atoms in total. The zero-order valence-electron chi connectivity index (χ0n) is 20.5. The number of rotatable bonds is 7. The van der Waals surface area contributed by atoms with E-state index >= 15 is 0 Å². The quantitative estimate of drug-likeness (QED) is 0.266. The van der Waals surface area contributed by atoms with Gasteiger partial charge in [0.1, 0.15) is 34.8 Å². The fourth-order valence-electron chi connectivity index (χ4n) is 4.32. The van der Waals surface area contributed by atoms with Gasteiger partial charge in [-0.15, -0.1) is 0 Å². The molecule has 1 aliphatic rings.